The normalized spacial score (nSPS) is 17.8. The molecule has 1 fully saturated rings. The highest BCUT2D eigenvalue weighted by Gasteiger charge is 2.31. The van der Waals surface area contributed by atoms with E-state index in [0.717, 1.165) is 5.56 Å². The number of ether oxygens (including phenoxy) is 1. The maximum absolute atomic E-state index is 12.2. The van der Waals surface area contributed by atoms with E-state index in [9.17, 15) is 13.2 Å². The lowest BCUT2D eigenvalue weighted by molar-refractivity contribution is -0.149. The molecule has 7 nitrogen and oxygen atoms in total. The molecular formula is C13H21N3O4S. The number of aromatic amines is 1. The summed E-state index contributed by atoms with van der Waals surface area (Å²) in [5.74, 6) is -0.420. The fraction of sp³-hybridized carbons (Fsp3) is 0.615. The molecule has 2 N–H and O–H groups in total. The van der Waals surface area contributed by atoms with Crippen LogP contribution in [0.1, 0.15) is 25.3 Å². The smallest absolute Gasteiger partial charge is 0.309 e. The van der Waals surface area contributed by atoms with Gasteiger partial charge in [-0.1, -0.05) is 0 Å². The van der Waals surface area contributed by atoms with E-state index in [1.807, 2.05) is 6.07 Å². The van der Waals surface area contributed by atoms with Crippen molar-refractivity contribution in [3.8, 4) is 0 Å². The van der Waals surface area contributed by atoms with Crippen molar-refractivity contribution in [2.45, 2.75) is 26.3 Å². The van der Waals surface area contributed by atoms with Crippen molar-refractivity contribution in [2.75, 3.05) is 19.7 Å². The first-order valence-corrected chi connectivity index (χ1v) is 8.50. The third-order valence-corrected chi connectivity index (χ3v) is 5.09. The average Bonchev–Trinajstić information content (AvgIpc) is 2.99. The Morgan fingerprint density at radius 3 is 2.76 bits per heavy atom. The topological polar surface area (TPSA) is 91.5 Å². The molecule has 1 saturated heterocycles. The molecule has 0 aliphatic carbocycles. The van der Waals surface area contributed by atoms with Crippen molar-refractivity contribution in [2.24, 2.45) is 5.92 Å². The molecule has 0 radical (unpaired) electrons. The van der Waals surface area contributed by atoms with Crippen LogP contribution in [0.5, 0.6) is 0 Å². The van der Waals surface area contributed by atoms with E-state index >= 15 is 0 Å². The van der Waals surface area contributed by atoms with Crippen molar-refractivity contribution in [3.63, 3.8) is 0 Å². The average molecular weight is 315 g/mol. The van der Waals surface area contributed by atoms with Crippen LogP contribution in [0.4, 0.5) is 0 Å². The molecule has 21 heavy (non-hydrogen) atoms. The summed E-state index contributed by atoms with van der Waals surface area (Å²) in [4.78, 5) is 14.5. The van der Waals surface area contributed by atoms with Crippen LogP contribution in [-0.4, -0.2) is 43.4 Å². The molecule has 0 bridgehead atoms. The van der Waals surface area contributed by atoms with Crippen LogP contribution in [0.3, 0.4) is 0 Å². The Balaban J connectivity index is 1.84. The van der Waals surface area contributed by atoms with E-state index in [2.05, 4.69) is 9.71 Å². The summed E-state index contributed by atoms with van der Waals surface area (Å²) in [6.45, 7) is 3.06. The Morgan fingerprint density at radius 2 is 2.19 bits per heavy atom. The lowest BCUT2D eigenvalue weighted by Crippen LogP contribution is -2.45. The molecule has 8 heteroatoms. The quantitative estimate of drug-likeness (QED) is 0.753. The SMILES string of the molecule is CCOC(=O)C1CCN(S(=O)(=O)NCc2cc[nH]c2)CC1. The summed E-state index contributed by atoms with van der Waals surface area (Å²) in [6.07, 6.45) is 4.50. The first-order chi connectivity index (χ1) is 10.0. The van der Waals surface area contributed by atoms with Gasteiger partial charge in [-0.2, -0.15) is 17.4 Å². The van der Waals surface area contributed by atoms with Crippen molar-refractivity contribution in [1.82, 2.24) is 14.0 Å². The molecule has 2 heterocycles. The zero-order valence-corrected chi connectivity index (χ0v) is 12.9. The molecule has 0 atom stereocenters. The number of hydrogen-bond acceptors (Lipinski definition) is 4. The predicted molar refractivity (Wildman–Crippen MR) is 77.5 cm³/mol. The van der Waals surface area contributed by atoms with Gasteiger partial charge in [0.05, 0.1) is 12.5 Å². The number of hydrogen-bond donors (Lipinski definition) is 2. The Labute approximate surface area is 124 Å². The third kappa shape index (κ3) is 4.29. The summed E-state index contributed by atoms with van der Waals surface area (Å²) < 4.78 is 33.3. The number of rotatable bonds is 6. The monoisotopic (exact) mass is 315 g/mol. The Hall–Kier alpha value is -1.38. The minimum Gasteiger partial charge on any atom is -0.466 e. The Morgan fingerprint density at radius 1 is 1.48 bits per heavy atom. The van der Waals surface area contributed by atoms with E-state index in [1.54, 1.807) is 19.3 Å². The minimum atomic E-state index is -3.50. The van der Waals surface area contributed by atoms with Gasteiger partial charge in [-0.25, -0.2) is 0 Å². The molecule has 0 amide bonds. The van der Waals surface area contributed by atoms with Crippen LogP contribution in [0.25, 0.3) is 0 Å². The zero-order valence-electron chi connectivity index (χ0n) is 12.0. The number of H-pyrrole nitrogens is 1. The van der Waals surface area contributed by atoms with Gasteiger partial charge < -0.3 is 9.72 Å². The number of esters is 1. The summed E-state index contributed by atoms with van der Waals surface area (Å²) in [5, 5.41) is 0. The van der Waals surface area contributed by atoms with Gasteiger partial charge in [0.25, 0.3) is 10.2 Å². The molecule has 0 spiro atoms. The fourth-order valence-electron chi connectivity index (χ4n) is 2.33. The molecule has 1 aromatic heterocycles. The van der Waals surface area contributed by atoms with Crippen molar-refractivity contribution in [3.05, 3.63) is 24.0 Å². The molecule has 0 saturated carbocycles. The van der Waals surface area contributed by atoms with Gasteiger partial charge in [-0.3, -0.25) is 4.79 Å². The van der Waals surface area contributed by atoms with Gasteiger partial charge in [0.15, 0.2) is 0 Å². The van der Waals surface area contributed by atoms with Crippen molar-refractivity contribution < 1.29 is 17.9 Å². The molecule has 0 unspecified atom stereocenters. The molecular weight excluding hydrogens is 294 g/mol. The zero-order chi connectivity index (χ0) is 15.3. The fourth-order valence-corrected chi connectivity index (χ4v) is 3.55. The largest absolute Gasteiger partial charge is 0.466 e. The third-order valence-electron chi connectivity index (χ3n) is 3.53. The number of piperidine rings is 1. The van der Waals surface area contributed by atoms with E-state index in [1.165, 1.54) is 4.31 Å². The highest BCUT2D eigenvalue weighted by Crippen LogP contribution is 2.20. The van der Waals surface area contributed by atoms with E-state index < -0.39 is 10.2 Å². The number of carbonyl (C=O) groups is 1. The van der Waals surface area contributed by atoms with Crippen LogP contribution < -0.4 is 4.72 Å². The molecule has 1 aliphatic heterocycles. The van der Waals surface area contributed by atoms with Crippen molar-refractivity contribution >= 4 is 16.2 Å². The van der Waals surface area contributed by atoms with Crippen LogP contribution in [0.15, 0.2) is 18.5 Å². The molecule has 0 aromatic carbocycles. The Kier molecular flexibility index (Phi) is 5.38. The van der Waals surface area contributed by atoms with E-state index in [4.69, 9.17) is 4.74 Å². The second-order valence-corrected chi connectivity index (χ2v) is 6.73. The number of aromatic nitrogens is 1. The highest BCUT2D eigenvalue weighted by molar-refractivity contribution is 7.87. The van der Waals surface area contributed by atoms with Crippen LogP contribution in [0.2, 0.25) is 0 Å². The van der Waals surface area contributed by atoms with Gasteiger partial charge in [-0.15, -0.1) is 0 Å². The second-order valence-electron chi connectivity index (χ2n) is 4.97. The first-order valence-electron chi connectivity index (χ1n) is 7.06. The standard InChI is InChI=1S/C13H21N3O4S/c1-2-20-13(17)12-4-7-16(8-5-12)21(18,19)15-10-11-3-6-14-9-11/h3,6,9,12,14-15H,2,4-5,7-8,10H2,1H3. The maximum Gasteiger partial charge on any atom is 0.309 e. The van der Waals surface area contributed by atoms with Crippen LogP contribution >= 0.6 is 0 Å². The Bertz CT molecular complexity index is 548. The first kappa shape index (κ1) is 16.0. The van der Waals surface area contributed by atoms with Gasteiger partial charge in [-0.05, 0) is 31.4 Å². The van der Waals surface area contributed by atoms with Gasteiger partial charge in [0, 0.05) is 32.0 Å². The molecule has 2 rings (SSSR count). The highest BCUT2D eigenvalue weighted by atomic mass is 32.2. The molecule has 1 aromatic rings. The van der Waals surface area contributed by atoms with Crippen molar-refractivity contribution in [1.29, 1.82) is 0 Å². The van der Waals surface area contributed by atoms with Crippen LogP contribution in [0, 0.1) is 5.92 Å². The van der Waals surface area contributed by atoms with E-state index in [-0.39, 0.29) is 18.4 Å². The van der Waals surface area contributed by atoms with Gasteiger partial charge >= 0.3 is 5.97 Å². The number of nitrogens with zero attached hydrogens (tertiary/aromatic N) is 1. The number of carbonyl (C=O) groups excluding carboxylic acids is 1. The molecule has 1 aliphatic rings. The summed E-state index contributed by atoms with van der Waals surface area (Å²) in [7, 11) is -3.50. The van der Waals surface area contributed by atoms with Crippen LogP contribution in [-0.2, 0) is 26.3 Å². The predicted octanol–water partition coefficient (Wildman–Crippen LogP) is 0.624. The lowest BCUT2D eigenvalue weighted by Gasteiger charge is -2.30. The van der Waals surface area contributed by atoms with Gasteiger partial charge in [0.2, 0.25) is 0 Å². The minimum absolute atomic E-state index is 0.193. The summed E-state index contributed by atoms with van der Waals surface area (Å²) in [6, 6.07) is 1.81. The summed E-state index contributed by atoms with van der Waals surface area (Å²) in [5.41, 5.74) is 0.875. The maximum atomic E-state index is 12.2. The van der Waals surface area contributed by atoms with Gasteiger partial charge in [0.1, 0.15) is 0 Å². The molecule has 118 valence electrons. The lowest BCUT2D eigenvalue weighted by atomic mass is 9.98. The van der Waals surface area contributed by atoms with E-state index in [0.29, 0.717) is 32.5 Å². The number of nitrogens with one attached hydrogen (secondary N) is 2. The summed E-state index contributed by atoms with van der Waals surface area (Å²) >= 11 is 0. The second kappa shape index (κ2) is 7.06.